The summed E-state index contributed by atoms with van der Waals surface area (Å²) in [5.74, 6) is -0.192. The van der Waals surface area contributed by atoms with Crippen molar-refractivity contribution in [1.29, 1.82) is 0 Å². The molecule has 7 nitrogen and oxygen atoms in total. The topological polar surface area (TPSA) is 85.1 Å². The first-order valence-electron chi connectivity index (χ1n) is 9.63. The van der Waals surface area contributed by atoms with Gasteiger partial charge in [-0.05, 0) is 50.8 Å². The summed E-state index contributed by atoms with van der Waals surface area (Å²) < 4.78 is 25.3. The van der Waals surface area contributed by atoms with Gasteiger partial charge in [-0.15, -0.1) is 0 Å². The quantitative estimate of drug-likeness (QED) is 0.792. The van der Waals surface area contributed by atoms with Crippen LogP contribution in [0.1, 0.15) is 20.8 Å². The number of hydrogen-bond donors (Lipinski definition) is 1. The molecule has 2 N–H and O–H groups in total. The van der Waals surface area contributed by atoms with Gasteiger partial charge in [-0.2, -0.15) is 0 Å². The van der Waals surface area contributed by atoms with Crippen LogP contribution in [0, 0.1) is 23.6 Å². The van der Waals surface area contributed by atoms with E-state index in [2.05, 4.69) is 0 Å². The van der Waals surface area contributed by atoms with Gasteiger partial charge in [0.1, 0.15) is 17.5 Å². The Bertz CT molecular complexity index is 797. The van der Waals surface area contributed by atoms with E-state index in [0.29, 0.717) is 31.0 Å². The summed E-state index contributed by atoms with van der Waals surface area (Å²) in [6.07, 6.45) is -0.879. The van der Waals surface area contributed by atoms with Crippen LogP contribution in [0.3, 0.4) is 0 Å². The number of benzene rings is 1. The molecule has 0 spiro atoms. The van der Waals surface area contributed by atoms with E-state index in [9.17, 15) is 14.0 Å². The Morgan fingerprint density at radius 3 is 2.50 bits per heavy atom. The van der Waals surface area contributed by atoms with Gasteiger partial charge in [0.05, 0.1) is 23.8 Å². The van der Waals surface area contributed by atoms with Gasteiger partial charge in [0.15, 0.2) is 0 Å². The standard InChI is InChI=1S/C20H26FN3O4/c1-20(2,3)28-18(25)17-13-9-23(10-14(13)17)16-5-4-11(6-15(16)21)24-8-12(7-22)27-19(24)26/h4-6,12-14,17H,7-10,22H2,1-3H3/t12-,13-,14+,17?/m0/s1. The van der Waals surface area contributed by atoms with E-state index in [0.717, 1.165) is 0 Å². The highest BCUT2D eigenvalue weighted by atomic mass is 19.1. The summed E-state index contributed by atoms with van der Waals surface area (Å²) >= 11 is 0. The van der Waals surface area contributed by atoms with Gasteiger partial charge in [0.2, 0.25) is 0 Å². The van der Waals surface area contributed by atoms with Crippen LogP contribution in [-0.4, -0.2) is 49.9 Å². The third-order valence-corrected chi connectivity index (χ3v) is 5.59. The molecule has 8 heteroatoms. The molecular weight excluding hydrogens is 365 g/mol. The summed E-state index contributed by atoms with van der Waals surface area (Å²) in [6, 6.07) is 4.75. The fraction of sp³-hybridized carbons (Fsp3) is 0.600. The molecule has 4 atom stereocenters. The number of amides is 1. The molecule has 0 radical (unpaired) electrons. The molecule has 1 aliphatic carbocycles. The molecular formula is C20H26FN3O4. The fourth-order valence-electron chi connectivity index (χ4n) is 4.22. The number of halogens is 1. The van der Waals surface area contributed by atoms with E-state index in [4.69, 9.17) is 15.2 Å². The number of rotatable bonds is 4. The van der Waals surface area contributed by atoms with Crippen molar-refractivity contribution in [2.24, 2.45) is 23.5 Å². The lowest BCUT2D eigenvalue weighted by Crippen LogP contribution is -2.31. The Balaban J connectivity index is 1.40. The SMILES string of the molecule is CC(C)(C)OC(=O)C1[C@H]2CN(c3ccc(N4C[C@H](CN)OC4=O)cc3F)C[C@@H]12. The Labute approximate surface area is 163 Å². The number of ether oxygens (including phenoxy) is 2. The molecule has 1 unspecified atom stereocenters. The number of carbonyl (C=O) groups is 2. The highest BCUT2D eigenvalue weighted by Crippen LogP contribution is 2.53. The van der Waals surface area contributed by atoms with E-state index < -0.39 is 17.5 Å². The molecule has 3 fully saturated rings. The monoisotopic (exact) mass is 391 g/mol. The predicted molar refractivity (Wildman–Crippen MR) is 102 cm³/mol. The predicted octanol–water partition coefficient (Wildman–Crippen LogP) is 2.13. The maximum absolute atomic E-state index is 14.7. The van der Waals surface area contributed by atoms with Gasteiger partial charge in [-0.25, -0.2) is 9.18 Å². The average molecular weight is 391 g/mol. The number of esters is 1. The Morgan fingerprint density at radius 2 is 1.96 bits per heavy atom. The second kappa shape index (κ2) is 6.62. The molecule has 152 valence electrons. The summed E-state index contributed by atoms with van der Waals surface area (Å²) in [7, 11) is 0. The Hall–Kier alpha value is -2.35. The summed E-state index contributed by atoms with van der Waals surface area (Å²) in [5.41, 5.74) is 5.99. The third kappa shape index (κ3) is 3.41. The second-order valence-corrected chi connectivity index (χ2v) is 8.78. The molecule has 1 aromatic carbocycles. The lowest BCUT2D eigenvalue weighted by Gasteiger charge is -2.25. The lowest BCUT2D eigenvalue weighted by atomic mass is 10.1. The highest BCUT2D eigenvalue weighted by molar-refractivity contribution is 5.90. The molecule has 28 heavy (non-hydrogen) atoms. The third-order valence-electron chi connectivity index (χ3n) is 5.59. The van der Waals surface area contributed by atoms with Gasteiger partial charge in [-0.3, -0.25) is 9.69 Å². The zero-order chi connectivity index (χ0) is 20.2. The van der Waals surface area contributed by atoms with E-state index in [1.807, 2.05) is 25.7 Å². The minimum atomic E-state index is -0.509. The minimum absolute atomic E-state index is 0.0784. The Morgan fingerprint density at radius 1 is 1.29 bits per heavy atom. The van der Waals surface area contributed by atoms with Crippen LogP contribution in [-0.2, 0) is 14.3 Å². The first-order chi connectivity index (χ1) is 13.2. The highest BCUT2D eigenvalue weighted by Gasteiger charge is 2.61. The van der Waals surface area contributed by atoms with Crippen LogP contribution in [0.15, 0.2) is 18.2 Å². The number of hydrogen-bond acceptors (Lipinski definition) is 6. The number of cyclic esters (lactones) is 1. The van der Waals surface area contributed by atoms with Crippen molar-refractivity contribution in [2.75, 3.05) is 36.0 Å². The molecule has 0 aromatic heterocycles. The number of anilines is 2. The minimum Gasteiger partial charge on any atom is -0.460 e. The molecule has 2 aliphatic heterocycles. The maximum Gasteiger partial charge on any atom is 0.414 e. The molecule has 1 amide bonds. The number of fused-ring (bicyclic) bond motifs is 1. The van der Waals surface area contributed by atoms with Crippen LogP contribution < -0.4 is 15.5 Å². The van der Waals surface area contributed by atoms with Gasteiger partial charge in [0, 0.05) is 19.6 Å². The number of carbonyl (C=O) groups excluding carboxylic acids is 2. The first-order valence-corrected chi connectivity index (χ1v) is 9.63. The lowest BCUT2D eigenvalue weighted by molar-refractivity contribution is -0.157. The molecule has 1 aromatic rings. The summed E-state index contributed by atoms with van der Waals surface area (Å²) in [5, 5.41) is 0. The zero-order valence-corrected chi connectivity index (χ0v) is 16.4. The van der Waals surface area contributed by atoms with E-state index in [1.54, 1.807) is 12.1 Å². The largest absolute Gasteiger partial charge is 0.460 e. The van der Waals surface area contributed by atoms with Crippen molar-refractivity contribution < 1.29 is 23.5 Å². The van der Waals surface area contributed by atoms with Gasteiger partial charge in [0.25, 0.3) is 0 Å². The van der Waals surface area contributed by atoms with Crippen LogP contribution in [0.25, 0.3) is 0 Å². The van der Waals surface area contributed by atoms with Crippen molar-refractivity contribution in [1.82, 2.24) is 0 Å². The van der Waals surface area contributed by atoms with Crippen molar-refractivity contribution in [3.8, 4) is 0 Å². The molecule has 1 saturated carbocycles. The zero-order valence-electron chi connectivity index (χ0n) is 16.4. The maximum atomic E-state index is 14.7. The van der Waals surface area contributed by atoms with Crippen molar-refractivity contribution in [2.45, 2.75) is 32.5 Å². The van der Waals surface area contributed by atoms with E-state index >= 15 is 0 Å². The van der Waals surface area contributed by atoms with Crippen LogP contribution >= 0.6 is 0 Å². The van der Waals surface area contributed by atoms with Crippen LogP contribution in [0.4, 0.5) is 20.6 Å². The van der Waals surface area contributed by atoms with Gasteiger partial charge >= 0.3 is 12.1 Å². The normalized spacial score (nSPS) is 29.0. The average Bonchev–Trinajstić information content (AvgIpc) is 2.94. The summed E-state index contributed by atoms with van der Waals surface area (Å²) in [6.45, 7) is 7.39. The van der Waals surface area contributed by atoms with E-state index in [-0.39, 0.29) is 36.4 Å². The molecule has 4 rings (SSSR count). The van der Waals surface area contributed by atoms with Gasteiger partial charge in [-0.1, -0.05) is 0 Å². The van der Waals surface area contributed by atoms with Crippen molar-refractivity contribution in [3.63, 3.8) is 0 Å². The molecule has 0 bridgehead atoms. The van der Waals surface area contributed by atoms with Crippen LogP contribution in [0.5, 0.6) is 0 Å². The van der Waals surface area contributed by atoms with Crippen LogP contribution in [0.2, 0.25) is 0 Å². The van der Waals surface area contributed by atoms with Crippen molar-refractivity contribution in [3.05, 3.63) is 24.0 Å². The molecule has 3 aliphatic rings. The fourth-order valence-corrected chi connectivity index (χ4v) is 4.22. The molecule has 2 saturated heterocycles. The number of nitrogens with two attached hydrogens (primary N) is 1. The molecule has 2 heterocycles. The summed E-state index contributed by atoms with van der Waals surface area (Å²) in [4.78, 5) is 27.5. The Kier molecular flexibility index (Phi) is 4.49. The van der Waals surface area contributed by atoms with Crippen molar-refractivity contribution >= 4 is 23.4 Å². The van der Waals surface area contributed by atoms with E-state index in [1.165, 1.54) is 11.0 Å². The first kappa shape index (κ1) is 19.0. The number of piperidine rings is 1. The number of nitrogens with zero attached hydrogens (tertiary/aromatic N) is 2. The van der Waals surface area contributed by atoms with Gasteiger partial charge < -0.3 is 20.1 Å². The second-order valence-electron chi connectivity index (χ2n) is 8.78. The smallest absolute Gasteiger partial charge is 0.414 e.